The maximum atomic E-state index is 11.6. The molecule has 20 heavy (non-hydrogen) atoms. The number of cyclic esters (lactones) is 1. The van der Waals surface area contributed by atoms with E-state index in [0.29, 0.717) is 19.6 Å². The van der Waals surface area contributed by atoms with E-state index in [1.807, 2.05) is 0 Å². The third kappa shape index (κ3) is 5.77. The van der Waals surface area contributed by atoms with E-state index in [1.54, 1.807) is 0 Å². The van der Waals surface area contributed by atoms with E-state index in [9.17, 15) is 4.79 Å². The highest BCUT2D eigenvalue weighted by molar-refractivity contribution is 5.77. The Balaban J connectivity index is 2.42. The van der Waals surface area contributed by atoms with Gasteiger partial charge in [0.1, 0.15) is 12.2 Å². The van der Waals surface area contributed by atoms with Crippen LogP contribution in [-0.2, 0) is 23.7 Å². The molecule has 0 aliphatic carbocycles. The molecule has 0 bridgehead atoms. The molecular formula is C15H28O5. The van der Waals surface area contributed by atoms with E-state index in [2.05, 4.69) is 13.8 Å². The Morgan fingerprint density at radius 3 is 2.55 bits per heavy atom. The van der Waals surface area contributed by atoms with Crippen LogP contribution in [0.3, 0.4) is 0 Å². The van der Waals surface area contributed by atoms with Crippen LogP contribution in [0.4, 0.5) is 0 Å². The lowest BCUT2D eigenvalue weighted by molar-refractivity contribution is -0.155. The van der Waals surface area contributed by atoms with E-state index >= 15 is 0 Å². The number of hydrogen-bond donors (Lipinski definition) is 0. The summed E-state index contributed by atoms with van der Waals surface area (Å²) >= 11 is 0. The molecule has 1 rings (SSSR count). The van der Waals surface area contributed by atoms with E-state index < -0.39 is 6.10 Å². The van der Waals surface area contributed by atoms with Gasteiger partial charge in [-0.15, -0.1) is 0 Å². The lowest BCUT2D eigenvalue weighted by Crippen LogP contribution is -2.34. The van der Waals surface area contributed by atoms with Crippen LogP contribution >= 0.6 is 0 Å². The lowest BCUT2D eigenvalue weighted by Gasteiger charge is -2.22. The summed E-state index contributed by atoms with van der Waals surface area (Å²) in [7, 11) is 1.53. The molecule has 1 aliphatic heterocycles. The summed E-state index contributed by atoms with van der Waals surface area (Å²) in [5.74, 6) is -0.296. The number of carbonyl (C=O) groups excluding carboxylic acids is 1. The molecule has 1 heterocycles. The van der Waals surface area contributed by atoms with Crippen molar-refractivity contribution in [2.45, 2.75) is 64.3 Å². The van der Waals surface area contributed by atoms with Crippen LogP contribution < -0.4 is 0 Å². The zero-order valence-electron chi connectivity index (χ0n) is 12.9. The van der Waals surface area contributed by atoms with Crippen molar-refractivity contribution >= 4 is 5.97 Å². The standard InChI is InChI=1S/C15H28O5/c1-4-6-8-18-11-14(19-9-7-5-2)12-10-13(17-3)15(16)20-12/h12-14H,4-11H2,1-3H3/t12-,13+,14+/m0/s1. The second-order valence-electron chi connectivity index (χ2n) is 5.13. The Morgan fingerprint density at radius 1 is 1.25 bits per heavy atom. The molecule has 0 saturated carbocycles. The lowest BCUT2D eigenvalue weighted by atomic mass is 10.1. The predicted molar refractivity (Wildman–Crippen MR) is 75.7 cm³/mol. The smallest absolute Gasteiger partial charge is 0.335 e. The molecule has 1 fully saturated rings. The van der Waals surface area contributed by atoms with Crippen LogP contribution in [0.25, 0.3) is 0 Å². The normalized spacial score (nSPS) is 23.9. The quantitative estimate of drug-likeness (QED) is 0.431. The van der Waals surface area contributed by atoms with Gasteiger partial charge in [0.15, 0.2) is 6.10 Å². The molecular weight excluding hydrogens is 260 g/mol. The van der Waals surface area contributed by atoms with Gasteiger partial charge in [0.25, 0.3) is 0 Å². The van der Waals surface area contributed by atoms with Gasteiger partial charge in [0, 0.05) is 26.7 Å². The minimum atomic E-state index is -0.465. The highest BCUT2D eigenvalue weighted by Gasteiger charge is 2.39. The molecule has 3 atom stereocenters. The second-order valence-corrected chi connectivity index (χ2v) is 5.13. The van der Waals surface area contributed by atoms with Crippen molar-refractivity contribution in [2.75, 3.05) is 26.9 Å². The fourth-order valence-electron chi connectivity index (χ4n) is 2.09. The van der Waals surface area contributed by atoms with Crippen molar-refractivity contribution in [3.8, 4) is 0 Å². The first kappa shape index (κ1) is 17.4. The van der Waals surface area contributed by atoms with Gasteiger partial charge >= 0.3 is 5.97 Å². The predicted octanol–water partition coefficient (Wildman–Crippen LogP) is 2.32. The molecule has 0 N–H and O–H groups in total. The Bertz CT molecular complexity index is 269. The fraction of sp³-hybridized carbons (Fsp3) is 0.933. The molecule has 0 unspecified atom stereocenters. The third-order valence-electron chi connectivity index (χ3n) is 3.43. The van der Waals surface area contributed by atoms with Gasteiger partial charge in [0.05, 0.1) is 6.61 Å². The molecule has 0 radical (unpaired) electrons. The van der Waals surface area contributed by atoms with Crippen molar-refractivity contribution in [3.63, 3.8) is 0 Å². The molecule has 118 valence electrons. The monoisotopic (exact) mass is 288 g/mol. The average Bonchev–Trinajstić information content (AvgIpc) is 2.82. The first-order chi connectivity index (χ1) is 9.72. The summed E-state index contributed by atoms with van der Waals surface area (Å²) in [6, 6.07) is 0. The fourth-order valence-corrected chi connectivity index (χ4v) is 2.09. The Hall–Kier alpha value is -0.650. The van der Waals surface area contributed by atoms with Gasteiger partial charge in [-0.1, -0.05) is 26.7 Å². The summed E-state index contributed by atoms with van der Waals surface area (Å²) in [4.78, 5) is 11.6. The van der Waals surface area contributed by atoms with Crippen LogP contribution in [0.15, 0.2) is 0 Å². The highest BCUT2D eigenvalue weighted by atomic mass is 16.6. The second kappa shape index (κ2) is 10.1. The van der Waals surface area contributed by atoms with Gasteiger partial charge in [-0.2, -0.15) is 0 Å². The van der Waals surface area contributed by atoms with Crippen LogP contribution in [0, 0.1) is 0 Å². The molecule has 0 spiro atoms. The number of hydrogen-bond acceptors (Lipinski definition) is 5. The van der Waals surface area contributed by atoms with Gasteiger partial charge in [-0.05, 0) is 12.8 Å². The van der Waals surface area contributed by atoms with Crippen LogP contribution in [0.2, 0.25) is 0 Å². The number of carbonyl (C=O) groups is 1. The molecule has 5 heteroatoms. The van der Waals surface area contributed by atoms with Crippen molar-refractivity contribution in [2.24, 2.45) is 0 Å². The topological polar surface area (TPSA) is 54.0 Å². The molecule has 0 aromatic heterocycles. The number of methoxy groups -OCH3 is 1. The SMILES string of the molecule is CCCCOC[C@@H](OCCCC)[C@@H]1C[C@@H](OC)C(=O)O1. The Morgan fingerprint density at radius 2 is 1.95 bits per heavy atom. The van der Waals surface area contributed by atoms with E-state index in [-0.39, 0.29) is 18.2 Å². The maximum absolute atomic E-state index is 11.6. The van der Waals surface area contributed by atoms with E-state index in [4.69, 9.17) is 18.9 Å². The number of esters is 1. The zero-order valence-corrected chi connectivity index (χ0v) is 12.9. The molecule has 1 saturated heterocycles. The van der Waals surface area contributed by atoms with Gasteiger partial charge in [-0.25, -0.2) is 4.79 Å². The summed E-state index contributed by atoms with van der Waals surface area (Å²) in [5.41, 5.74) is 0. The van der Waals surface area contributed by atoms with Crippen molar-refractivity contribution in [3.05, 3.63) is 0 Å². The van der Waals surface area contributed by atoms with Crippen molar-refractivity contribution < 1.29 is 23.7 Å². The summed E-state index contributed by atoms with van der Waals surface area (Å²) in [5, 5.41) is 0. The van der Waals surface area contributed by atoms with Gasteiger partial charge < -0.3 is 18.9 Å². The van der Waals surface area contributed by atoms with Crippen LogP contribution in [0.5, 0.6) is 0 Å². The summed E-state index contributed by atoms with van der Waals surface area (Å²) in [6.45, 7) is 6.10. The zero-order chi connectivity index (χ0) is 14.8. The van der Waals surface area contributed by atoms with Crippen LogP contribution in [0.1, 0.15) is 46.0 Å². The minimum Gasteiger partial charge on any atom is -0.457 e. The van der Waals surface area contributed by atoms with Crippen LogP contribution in [-0.4, -0.2) is 51.2 Å². The first-order valence-electron chi connectivity index (χ1n) is 7.65. The van der Waals surface area contributed by atoms with Crippen molar-refractivity contribution in [1.82, 2.24) is 0 Å². The largest absolute Gasteiger partial charge is 0.457 e. The summed E-state index contributed by atoms with van der Waals surface area (Å²) in [6.07, 6.45) is 3.84. The maximum Gasteiger partial charge on any atom is 0.335 e. The van der Waals surface area contributed by atoms with E-state index in [0.717, 1.165) is 32.3 Å². The Kier molecular flexibility index (Phi) is 8.82. The average molecular weight is 288 g/mol. The number of rotatable bonds is 11. The van der Waals surface area contributed by atoms with Gasteiger partial charge in [-0.3, -0.25) is 0 Å². The molecule has 1 aliphatic rings. The number of ether oxygens (including phenoxy) is 4. The number of unbranched alkanes of at least 4 members (excludes halogenated alkanes) is 2. The van der Waals surface area contributed by atoms with Crippen molar-refractivity contribution in [1.29, 1.82) is 0 Å². The minimum absolute atomic E-state index is 0.192. The molecule has 0 aromatic carbocycles. The van der Waals surface area contributed by atoms with Gasteiger partial charge in [0.2, 0.25) is 0 Å². The molecule has 5 nitrogen and oxygen atoms in total. The highest BCUT2D eigenvalue weighted by Crippen LogP contribution is 2.22. The third-order valence-corrected chi connectivity index (χ3v) is 3.43. The first-order valence-corrected chi connectivity index (χ1v) is 7.65. The van der Waals surface area contributed by atoms with E-state index in [1.165, 1.54) is 7.11 Å². The summed E-state index contributed by atoms with van der Waals surface area (Å²) < 4.78 is 21.9. The molecule has 0 aromatic rings. The Labute approximate surface area is 121 Å². The molecule has 0 amide bonds.